The first-order valence-electron chi connectivity index (χ1n) is 29.9. The highest BCUT2D eigenvalue weighted by Gasteiger charge is 2.49. The second-order valence-electron chi connectivity index (χ2n) is 24.2. The van der Waals surface area contributed by atoms with E-state index in [9.17, 15) is 20.2 Å². The third-order valence-electron chi connectivity index (χ3n) is 18.0. The molecule has 10 aromatic carbocycles. The number of halogens is 2. The predicted molar refractivity (Wildman–Crippen MR) is 351 cm³/mol. The van der Waals surface area contributed by atoms with E-state index in [0.717, 1.165) is 76.5 Å². The molecule has 0 N–H and O–H groups in total. The summed E-state index contributed by atoms with van der Waals surface area (Å²) in [6.07, 6.45) is 14.8. The number of thiazole rings is 2. The van der Waals surface area contributed by atoms with E-state index in [1.165, 1.54) is 42.1 Å². The van der Waals surface area contributed by atoms with E-state index in [0.29, 0.717) is 12.8 Å². The zero-order valence-corrected chi connectivity index (χ0v) is 55.2. The maximum Gasteiger partial charge on any atom is 0.358 e. The molecule has 0 fully saturated rings. The van der Waals surface area contributed by atoms with Crippen molar-refractivity contribution in [1.29, 1.82) is 0 Å². The Morgan fingerprint density at radius 2 is 0.789 bits per heavy atom. The fraction of sp³-hybridized carbons (Fsp3) is 0.151. The molecule has 0 amide bonds. The van der Waals surface area contributed by atoms with Crippen LogP contribution < -0.4 is 56.2 Å². The summed E-state index contributed by atoms with van der Waals surface area (Å²) in [7, 11) is -5.66. The minimum atomic E-state index is -4.94. The highest BCUT2D eigenvalue weighted by molar-refractivity contribution is 7.20. The van der Waals surface area contributed by atoms with Crippen molar-refractivity contribution < 1.29 is 76.7 Å². The van der Waals surface area contributed by atoms with Crippen molar-refractivity contribution in [2.45, 2.75) is 57.0 Å². The average Bonchev–Trinajstić information content (AvgIpc) is 1.59. The molecule has 0 saturated carbocycles. The standard InChI is InChI=1S/C73H60N6O4S2.2ClHO4/c1-71(2,76-61-41-35-49-23-13-15-25-55(49)69(61)84-65(76)29-17-27-63-72(3,45-47-19-9-7-10-20-47)67-57-43-53(78(80)81)37-31-51(57)33-39-59(67)74(63)5)77-62-42-36-50-24-14-16-26-56(50)70(62)85-66(77)30-18-28-64-73(4,46-48-21-11-8-12-22-48)68-58-44-54(79(82)83)38-32-52(58)34-40-60(68)75(64)6;2*2-1(3,4)5/h7-44H,45-46H2,1-6H3;2*(H,2,3,4,5)/q+2;;/p-2. The molecule has 0 aliphatic carbocycles. The lowest BCUT2D eigenvalue weighted by Gasteiger charge is -2.29. The van der Waals surface area contributed by atoms with Gasteiger partial charge < -0.3 is 9.80 Å². The Labute approximate surface area is 557 Å². The Balaban J connectivity index is 0.000000806. The van der Waals surface area contributed by atoms with Crippen LogP contribution in [-0.2, 0) is 29.3 Å². The molecule has 95 heavy (non-hydrogen) atoms. The number of hydrogen-bond donors (Lipinski definition) is 0. The van der Waals surface area contributed by atoms with E-state index in [4.69, 9.17) is 37.3 Å². The quantitative estimate of drug-likeness (QED) is 0.0637. The van der Waals surface area contributed by atoms with Gasteiger partial charge >= 0.3 is 5.66 Å². The van der Waals surface area contributed by atoms with Crippen LogP contribution in [0.2, 0.25) is 0 Å². The summed E-state index contributed by atoms with van der Waals surface area (Å²) in [5.41, 5.74) is 9.34. The number of aromatic nitrogens is 2. The number of hydrogen-bond acceptors (Lipinski definition) is 16. The molecule has 0 bridgehead atoms. The first-order chi connectivity index (χ1) is 45.1. The molecule has 12 aromatic rings. The lowest BCUT2D eigenvalue weighted by Crippen LogP contribution is -2.71. The number of nitro groups is 2. The smallest absolute Gasteiger partial charge is 0.347 e. The van der Waals surface area contributed by atoms with Gasteiger partial charge in [-0.2, -0.15) is 0 Å². The van der Waals surface area contributed by atoms with Crippen LogP contribution in [0.4, 0.5) is 22.7 Å². The van der Waals surface area contributed by atoms with E-state index in [2.05, 4.69) is 243 Å². The fourth-order valence-electron chi connectivity index (χ4n) is 14.2. The first-order valence-corrected chi connectivity index (χ1v) is 34.0. The summed E-state index contributed by atoms with van der Waals surface area (Å²) >= 11 is 3.58. The van der Waals surface area contributed by atoms with Crippen LogP contribution in [0.15, 0.2) is 230 Å². The number of fused-ring (bicyclic) bond motifs is 12. The molecule has 2 atom stereocenters. The van der Waals surface area contributed by atoms with Crippen LogP contribution in [-0.4, -0.2) is 23.9 Å². The van der Waals surface area contributed by atoms with Crippen LogP contribution >= 0.6 is 22.7 Å². The minimum Gasteiger partial charge on any atom is -0.347 e. The topological polar surface area (TPSA) is 285 Å². The highest BCUT2D eigenvalue weighted by Crippen LogP contribution is 2.54. The van der Waals surface area contributed by atoms with E-state index in [1.807, 2.05) is 24.3 Å². The highest BCUT2D eigenvalue weighted by atomic mass is 35.7. The van der Waals surface area contributed by atoms with Crippen molar-refractivity contribution in [3.05, 3.63) is 282 Å². The zero-order chi connectivity index (χ0) is 67.5. The third-order valence-corrected chi connectivity index (χ3v) is 20.3. The molecule has 0 spiro atoms. The monoisotopic (exact) mass is 1350 g/mol. The van der Waals surface area contributed by atoms with Crippen molar-refractivity contribution in [1.82, 2.24) is 0 Å². The van der Waals surface area contributed by atoms with Crippen molar-refractivity contribution in [3.8, 4) is 0 Å². The fourth-order valence-corrected chi connectivity index (χ4v) is 16.9. The van der Waals surface area contributed by atoms with Crippen LogP contribution in [0.5, 0.6) is 0 Å². The van der Waals surface area contributed by atoms with Crippen LogP contribution in [0.1, 0.15) is 60.0 Å². The Bertz CT molecular complexity index is 4830. The molecule has 0 radical (unpaired) electrons. The number of benzene rings is 10. The zero-order valence-electron chi connectivity index (χ0n) is 52.0. The maximum atomic E-state index is 12.3. The second kappa shape index (κ2) is 25.4. The van der Waals surface area contributed by atoms with E-state index in [1.54, 1.807) is 46.9 Å². The number of rotatable bonds is 12. The minimum absolute atomic E-state index is 0.0761. The van der Waals surface area contributed by atoms with Gasteiger partial charge in [-0.1, -0.05) is 156 Å². The van der Waals surface area contributed by atoms with E-state index < -0.39 is 37.0 Å². The van der Waals surface area contributed by atoms with Crippen molar-refractivity contribution in [3.63, 3.8) is 0 Å². The van der Waals surface area contributed by atoms with Gasteiger partial charge in [-0.3, -0.25) is 20.2 Å². The van der Waals surface area contributed by atoms with Gasteiger partial charge in [0.1, 0.15) is 9.40 Å². The molecule has 18 nitrogen and oxygen atoms in total. The molecule has 2 aliphatic heterocycles. The van der Waals surface area contributed by atoms with Crippen molar-refractivity contribution >= 4 is 121 Å². The normalized spacial score (nSPS) is 17.4. The second-order valence-corrected chi connectivity index (χ2v) is 27.8. The van der Waals surface area contributed by atoms with Crippen molar-refractivity contribution in [2.24, 2.45) is 0 Å². The van der Waals surface area contributed by atoms with Gasteiger partial charge in [0.2, 0.25) is 11.0 Å². The summed E-state index contributed by atoms with van der Waals surface area (Å²) in [5.74, 6) is 0. The van der Waals surface area contributed by atoms with Gasteiger partial charge in [-0.05, 0) is 130 Å². The molecule has 0 saturated heterocycles. The van der Waals surface area contributed by atoms with Crippen LogP contribution in [0.25, 0.3) is 75.7 Å². The SMILES string of the molecule is CN1C(=CC=Cc2sc3c4ccccc4ccc3[n+]2C(C)(C)[n+]2c(C=CC=C3N(C)c4ccc5ccc([N+](=O)[O-])cc5c4C3(C)Cc3ccccc3)sc3c4ccccc4ccc32)C(C)(Cc2ccccc2)c2c1ccc1ccc([N+](=O)[O-])cc21.[O-][Cl+3]([O-])([O-])[O-].[O-][Cl+3]([O-])([O-])[O-]. The molecule has 2 aromatic heterocycles. The summed E-state index contributed by atoms with van der Waals surface area (Å²) in [4.78, 5) is 28.5. The number of likely N-dealkylation sites (N-methyl/N-ethyl adjacent to an activating group) is 2. The Hall–Kier alpha value is -9.36. The number of nitro benzene ring substituents is 2. The molecule has 14 rings (SSSR count). The summed E-state index contributed by atoms with van der Waals surface area (Å²) < 4.78 is 75.4. The lowest BCUT2D eigenvalue weighted by molar-refractivity contribution is -2.00. The number of anilines is 2. The largest absolute Gasteiger partial charge is 0.358 e. The first kappa shape index (κ1) is 65.7. The molecule has 2 aliphatic rings. The Morgan fingerprint density at radius 3 is 1.16 bits per heavy atom. The predicted octanol–water partition coefficient (Wildman–Crippen LogP) is 7.94. The van der Waals surface area contributed by atoms with Gasteiger partial charge in [0.25, 0.3) is 21.4 Å². The van der Waals surface area contributed by atoms with E-state index >= 15 is 0 Å². The average molecular weight is 1350 g/mol. The molecule has 22 heteroatoms. The molecule has 480 valence electrons. The van der Waals surface area contributed by atoms with Gasteiger partial charge in [0, 0.05) is 107 Å². The van der Waals surface area contributed by atoms with Gasteiger partial charge in [0.15, 0.2) is 0 Å². The van der Waals surface area contributed by atoms with E-state index in [-0.39, 0.29) is 21.2 Å². The lowest BCUT2D eigenvalue weighted by atomic mass is 9.74. The van der Waals surface area contributed by atoms with Gasteiger partial charge in [-0.25, -0.2) is 37.3 Å². The molecular weight excluding hydrogens is 1290 g/mol. The summed E-state index contributed by atoms with van der Waals surface area (Å²) in [5, 5.41) is 35.1. The van der Waals surface area contributed by atoms with Gasteiger partial charge in [-0.15, -0.1) is 29.6 Å². The maximum absolute atomic E-state index is 12.3. The molecular formula is C73H60Cl2N6O12S2. The van der Waals surface area contributed by atoms with Crippen LogP contribution in [0, 0.1) is 40.7 Å². The van der Waals surface area contributed by atoms with Gasteiger partial charge in [0.05, 0.1) is 23.7 Å². The summed E-state index contributed by atoms with van der Waals surface area (Å²) in [6.45, 7) is 9.22. The Morgan fingerprint density at radius 1 is 0.463 bits per heavy atom. The third kappa shape index (κ3) is 12.8. The molecule has 2 unspecified atom stereocenters. The Kier molecular flexibility index (Phi) is 17.6. The number of nitrogens with zero attached hydrogens (tertiary/aromatic N) is 6. The summed E-state index contributed by atoms with van der Waals surface area (Å²) in [6, 6.07) is 66.2. The number of non-ortho nitro benzene ring substituents is 2. The molecule has 4 heterocycles. The van der Waals surface area contributed by atoms with Crippen molar-refractivity contribution in [2.75, 3.05) is 23.9 Å². The number of allylic oxidation sites excluding steroid dienone is 6. The van der Waals surface area contributed by atoms with Crippen LogP contribution in [0.3, 0.4) is 0 Å².